The lowest BCUT2D eigenvalue weighted by atomic mass is 10.0. The van der Waals surface area contributed by atoms with Crippen molar-refractivity contribution in [2.45, 2.75) is 19.6 Å². The van der Waals surface area contributed by atoms with Crippen LogP contribution in [0.1, 0.15) is 39.4 Å². The normalized spacial score (nSPS) is 11.7. The number of rotatable bonds is 8. The van der Waals surface area contributed by atoms with Crippen LogP contribution in [-0.4, -0.2) is 28.1 Å². The first-order valence-electron chi connectivity index (χ1n) is 9.48. The highest BCUT2D eigenvalue weighted by molar-refractivity contribution is 7.07. The van der Waals surface area contributed by atoms with E-state index in [0.717, 1.165) is 11.3 Å². The van der Waals surface area contributed by atoms with Crippen molar-refractivity contribution in [1.82, 2.24) is 20.4 Å². The Kier molecular flexibility index (Phi) is 6.23. The maximum absolute atomic E-state index is 13.0. The largest absolute Gasteiger partial charge is 0.496 e. The summed E-state index contributed by atoms with van der Waals surface area (Å²) in [5.74, 6) is 1.73. The smallest absolute Gasteiger partial charge is 0.252 e. The minimum atomic E-state index is -0.637. The zero-order valence-corrected chi connectivity index (χ0v) is 17.8. The van der Waals surface area contributed by atoms with Crippen LogP contribution in [0.15, 0.2) is 63.9 Å². The molecule has 0 aliphatic rings. The van der Waals surface area contributed by atoms with Gasteiger partial charge in [-0.25, -0.2) is 4.98 Å². The fraction of sp³-hybridized carbons (Fsp3) is 0.182. The van der Waals surface area contributed by atoms with E-state index in [1.54, 1.807) is 43.8 Å². The zero-order valence-electron chi connectivity index (χ0n) is 16.9. The van der Waals surface area contributed by atoms with Gasteiger partial charge < -0.3 is 19.3 Å². The van der Waals surface area contributed by atoms with Crippen LogP contribution in [0.3, 0.4) is 0 Å². The molecule has 0 saturated carbocycles. The first-order valence-corrected chi connectivity index (χ1v) is 10.4. The topological polar surface area (TPSA) is 99.4 Å². The highest BCUT2D eigenvalue weighted by Gasteiger charge is 2.25. The molecule has 0 spiro atoms. The molecule has 0 aliphatic carbocycles. The Bertz CT molecular complexity index is 1140. The Morgan fingerprint density at radius 2 is 2.00 bits per heavy atom. The summed E-state index contributed by atoms with van der Waals surface area (Å²) in [6.45, 7) is 2.07. The molecule has 0 bridgehead atoms. The summed E-state index contributed by atoms with van der Waals surface area (Å²) in [5.41, 5.74) is 3.82. The molecule has 4 rings (SSSR count). The first kappa shape index (κ1) is 20.5. The van der Waals surface area contributed by atoms with Crippen molar-refractivity contribution in [2.75, 3.05) is 7.11 Å². The molecule has 0 aliphatic heterocycles. The van der Waals surface area contributed by atoms with Crippen molar-refractivity contribution in [3.63, 3.8) is 0 Å². The van der Waals surface area contributed by atoms with Gasteiger partial charge in [-0.1, -0.05) is 23.4 Å². The van der Waals surface area contributed by atoms with Crippen LogP contribution in [0, 0.1) is 6.92 Å². The average Bonchev–Trinajstić information content (AvgIpc) is 3.48. The number of aromatic nitrogens is 3. The third kappa shape index (κ3) is 4.89. The third-order valence-corrected chi connectivity index (χ3v) is 5.15. The van der Waals surface area contributed by atoms with Gasteiger partial charge in [0.25, 0.3) is 5.91 Å². The summed E-state index contributed by atoms with van der Waals surface area (Å²) in [7, 11) is 1.57. The number of methoxy groups -OCH3 is 1. The number of thiazole rings is 1. The Balaban J connectivity index is 1.52. The van der Waals surface area contributed by atoms with Crippen LogP contribution in [0.25, 0.3) is 0 Å². The Morgan fingerprint density at radius 3 is 2.68 bits per heavy atom. The van der Waals surface area contributed by atoms with Crippen molar-refractivity contribution in [3.05, 3.63) is 88.0 Å². The molecule has 8 nitrogen and oxygen atoms in total. The van der Waals surface area contributed by atoms with E-state index in [1.807, 2.05) is 29.6 Å². The molecule has 2 aromatic heterocycles. The predicted octanol–water partition coefficient (Wildman–Crippen LogP) is 3.94. The second-order valence-corrected chi connectivity index (χ2v) is 7.33. The fourth-order valence-corrected chi connectivity index (χ4v) is 3.54. The second-order valence-electron chi connectivity index (χ2n) is 6.61. The quantitative estimate of drug-likeness (QED) is 0.447. The van der Waals surface area contributed by atoms with Gasteiger partial charge in [-0.15, -0.1) is 11.3 Å². The zero-order chi connectivity index (χ0) is 21.6. The predicted molar refractivity (Wildman–Crippen MR) is 114 cm³/mol. The summed E-state index contributed by atoms with van der Waals surface area (Å²) in [6, 6.07) is 13.6. The van der Waals surface area contributed by atoms with Gasteiger partial charge in [0.1, 0.15) is 24.1 Å². The van der Waals surface area contributed by atoms with Crippen molar-refractivity contribution in [3.8, 4) is 11.5 Å². The molecule has 0 saturated heterocycles. The first-order chi connectivity index (χ1) is 15.1. The number of ether oxygens (including phenoxy) is 2. The summed E-state index contributed by atoms with van der Waals surface area (Å²) in [4.78, 5) is 21.5. The van der Waals surface area contributed by atoms with E-state index in [1.165, 1.54) is 11.3 Å². The van der Waals surface area contributed by atoms with E-state index in [4.69, 9.17) is 14.0 Å². The molecule has 4 aromatic rings. The number of amides is 1. The molecule has 1 amide bonds. The van der Waals surface area contributed by atoms with Crippen LogP contribution in [0.5, 0.6) is 11.5 Å². The number of carbonyl (C=O) groups is 1. The number of hydrogen-bond acceptors (Lipinski definition) is 8. The minimum absolute atomic E-state index is 0.288. The molecule has 1 atom stereocenters. The molecule has 2 aromatic carbocycles. The molecule has 1 unspecified atom stereocenters. The van der Waals surface area contributed by atoms with Gasteiger partial charge >= 0.3 is 0 Å². The fourth-order valence-electron chi connectivity index (χ4n) is 3.00. The lowest BCUT2D eigenvalue weighted by Gasteiger charge is -2.18. The lowest BCUT2D eigenvalue weighted by molar-refractivity contribution is 0.0940. The average molecular weight is 436 g/mol. The summed E-state index contributed by atoms with van der Waals surface area (Å²) >= 11 is 1.52. The van der Waals surface area contributed by atoms with Crippen molar-refractivity contribution >= 4 is 17.2 Å². The number of carbonyl (C=O) groups excluding carboxylic acids is 1. The number of benzene rings is 2. The highest BCUT2D eigenvalue weighted by Crippen LogP contribution is 2.29. The van der Waals surface area contributed by atoms with E-state index in [0.29, 0.717) is 35.4 Å². The Morgan fingerprint density at radius 1 is 1.19 bits per heavy atom. The molecule has 31 heavy (non-hydrogen) atoms. The van der Waals surface area contributed by atoms with Gasteiger partial charge in [0.2, 0.25) is 5.89 Å². The van der Waals surface area contributed by atoms with Gasteiger partial charge in [0, 0.05) is 23.4 Å². The third-order valence-electron chi connectivity index (χ3n) is 4.51. The van der Waals surface area contributed by atoms with Gasteiger partial charge in [0.05, 0.1) is 18.3 Å². The lowest BCUT2D eigenvalue weighted by Crippen LogP contribution is -2.30. The van der Waals surface area contributed by atoms with E-state index in [2.05, 4.69) is 20.4 Å². The molecule has 0 radical (unpaired) electrons. The standard InChI is InChI=1S/C22H20N4O4S/c1-14-24-21(26-30-14)20(18-5-3-4-6-19(18)28-2)25-22(27)15-7-9-17(10-8-15)29-11-16-12-31-13-23-16/h3-10,12-13,20H,11H2,1-2H3,(H,25,27). The molecule has 1 N–H and O–H groups in total. The van der Waals surface area contributed by atoms with Crippen LogP contribution in [0.4, 0.5) is 0 Å². The molecule has 0 fully saturated rings. The van der Waals surface area contributed by atoms with Crippen LogP contribution < -0.4 is 14.8 Å². The van der Waals surface area contributed by atoms with Crippen molar-refractivity contribution in [2.24, 2.45) is 0 Å². The maximum Gasteiger partial charge on any atom is 0.252 e. The van der Waals surface area contributed by atoms with Gasteiger partial charge in [0.15, 0.2) is 5.82 Å². The highest BCUT2D eigenvalue weighted by atomic mass is 32.1. The molecule has 158 valence electrons. The SMILES string of the molecule is COc1ccccc1C(NC(=O)c1ccc(OCc2cscn2)cc1)c1noc(C)n1. The van der Waals surface area contributed by atoms with Gasteiger partial charge in [-0.2, -0.15) is 4.98 Å². The van der Waals surface area contributed by atoms with E-state index >= 15 is 0 Å². The van der Waals surface area contributed by atoms with Crippen molar-refractivity contribution in [1.29, 1.82) is 0 Å². The summed E-state index contributed by atoms with van der Waals surface area (Å²) in [5, 5.41) is 8.90. The second kappa shape index (κ2) is 9.40. The van der Waals surface area contributed by atoms with E-state index in [9.17, 15) is 4.79 Å². The monoisotopic (exact) mass is 436 g/mol. The molecular formula is C22H20N4O4S. The van der Waals surface area contributed by atoms with Crippen LogP contribution in [0.2, 0.25) is 0 Å². The summed E-state index contributed by atoms with van der Waals surface area (Å²) in [6.07, 6.45) is 0. The number of nitrogens with zero attached hydrogens (tertiary/aromatic N) is 3. The Labute approximate surface area is 182 Å². The number of para-hydroxylation sites is 1. The maximum atomic E-state index is 13.0. The number of nitrogens with one attached hydrogen (secondary N) is 1. The molecule has 9 heteroatoms. The van der Waals surface area contributed by atoms with Crippen molar-refractivity contribution < 1.29 is 18.8 Å². The number of hydrogen-bond donors (Lipinski definition) is 1. The van der Waals surface area contributed by atoms with Gasteiger partial charge in [-0.05, 0) is 30.3 Å². The van der Waals surface area contributed by atoms with Crippen LogP contribution in [-0.2, 0) is 6.61 Å². The molecular weight excluding hydrogens is 416 g/mol. The minimum Gasteiger partial charge on any atom is -0.496 e. The number of aryl methyl sites for hydroxylation is 1. The van der Waals surface area contributed by atoms with Crippen LogP contribution >= 0.6 is 11.3 Å². The van der Waals surface area contributed by atoms with Gasteiger partial charge in [-0.3, -0.25) is 4.79 Å². The van der Waals surface area contributed by atoms with E-state index < -0.39 is 6.04 Å². The van der Waals surface area contributed by atoms with E-state index in [-0.39, 0.29) is 5.91 Å². The Hall–Kier alpha value is -3.72. The molecule has 2 heterocycles. The summed E-state index contributed by atoms with van der Waals surface area (Å²) < 4.78 is 16.3.